The SMILES string of the molecule is Cc1cc(Br)cc(NCc2cccc3c2NCC3)c1. The van der Waals surface area contributed by atoms with Gasteiger partial charge in [0.05, 0.1) is 0 Å². The molecule has 0 spiro atoms. The van der Waals surface area contributed by atoms with Crippen LogP contribution in [0.5, 0.6) is 0 Å². The number of para-hydroxylation sites is 1. The van der Waals surface area contributed by atoms with Crippen LogP contribution in [-0.4, -0.2) is 6.54 Å². The van der Waals surface area contributed by atoms with Crippen LogP contribution in [-0.2, 0) is 13.0 Å². The third kappa shape index (κ3) is 2.76. The van der Waals surface area contributed by atoms with E-state index in [4.69, 9.17) is 0 Å². The monoisotopic (exact) mass is 316 g/mol. The fraction of sp³-hybridized carbons (Fsp3) is 0.250. The molecule has 0 saturated carbocycles. The lowest BCUT2D eigenvalue weighted by molar-refractivity contribution is 1.11. The molecule has 0 radical (unpaired) electrons. The van der Waals surface area contributed by atoms with E-state index in [2.05, 4.69) is 69.9 Å². The van der Waals surface area contributed by atoms with Crippen LogP contribution in [0.2, 0.25) is 0 Å². The Balaban J connectivity index is 1.78. The Morgan fingerprint density at radius 2 is 2.16 bits per heavy atom. The van der Waals surface area contributed by atoms with Crippen LogP contribution in [0.25, 0.3) is 0 Å². The van der Waals surface area contributed by atoms with E-state index < -0.39 is 0 Å². The van der Waals surface area contributed by atoms with Crippen LogP contribution in [0.15, 0.2) is 40.9 Å². The summed E-state index contributed by atoms with van der Waals surface area (Å²) < 4.78 is 1.12. The largest absolute Gasteiger partial charge is 0.384 e. The minimum atomic E-state index is 0.853. The number of aryl methyl sites for hydroxylation is 1. The van der Waals surface area contributed by atoms with Gasteiger partial charge in [-0.25, -0.2) is 0 Å². The van der Waals surface area contributed by atoms with E-state index in [1.807, 2.05) is 0 Å². The van der Waals surface area contributed by atoms with E-state index in [-0.39, 0.29) is 0 Å². The van der Waals surface area contributed by atoms with E-state index in [1.165, 1.54) is 22.4 Å². The van der Waals surface area contributed by atoms with Crippen molar-refractivity contribution in [2.45, 2.75) is 19.9 Å². The van der Waals surface area contributed by atoms with Gasteiger partial charge in [0, 0.05) is 28.9 Å². The van der Waals surface area contributed by atoms with Crippen molar-refractivity contribution in [1.82, 2.24) is 0 Å². The van der Waals surface area contributed by atoms with Crippen molar-refractivity contribution >= 4 is 27.3 Å². The Morgan fingerprint density at radius 3 is 3.00 bits per heavy atom. The lowest BCUT2D eigenvalue weighted by Gasteiger charge is -2.12. The quantitative estimate of drug-likeness (QED) is 0.880. The van der Waals surface area contributed by atoms with E-state index in [0.29, 0.717) is 0 Å². The summed E-state index contributed by atoms with van der Waals surface area (Å²) in [7, 11) is 0. The fourth-order valence-electron chi connectivity index (χ4n) is 2.59. The molecule has 0 unspecified atom stereocenters. The maximum absolute atomic E-state index is 3.54. The molecule has 2 aromatic rings. The van der Waals surface area contributed by atoms with Crippen molar-refractivity contribution in [2.24, 2.45) is 0 Å². The molecule has 0 aliphatic carbocycles. The van der Waals surface area contributed by atoms with Gasteiger partial charge in [-0.05, 0) is 48.2 Å². The molecule has 2 aromatic carbocycles. The van der Waals surface area contributed by atoms with Crippen LogP contribution in [0.3, 0.4) is 0 Å². The zero-order valence-corrected chi connectivity index (χ0v) is 12.5. The summed E-state index contributed by atoms with van der Waals surface area (Å²) in [5, 5.41) is 6.98. The molecule has 0 fully saturated rings. The van der Waals surface area contributed by atoms with Crippen LogP contribution < -0.4 is 10.6 Å². The first-order chi connectivity index (χ1) is 9.22. The highest BCUT2D eigenvalue weighted by Crippen LogP contribution is 2.27. The van der Waals surface area contributed by atoms with Gasteiger partial charge in [-0.2, -0.15) is 0 Å². The van der Waals surface area contributed by atoms with Crippen LogP contribution in [0.1, 0.15) is 16.7 Å². The lowest BCUT2D eigenvalue weighted by atomic mass is 10.1. The summed E-state index contributed by atoms with van der Waals surface area (Å²) >= 11 is 3.54. The summed E-state index contributed by atoms with van der Waals surface area (Å²) in [4.78, 5) is 0. The van der Waals surface area contributed by atoms with Crippen LogP contribution in [0.4, 0.5) is 11.4 Å². The smallest absolute Gasteiger partial charge is 0.0424 e. The number of hydrogen-bond donors (Lipinski definition) is 2. The highest BCUT2D eigenvalue weighted by Gasteiger charge is 2.13. The van der Waals surface area contributed by atoms with Gasteiger partial charge in [-0.15, -0.1) is 0 Å². The standard InChI is InChI=1S/C16H17BrN2/c1-11-7-14(17)9-15(8-11)19-10-13-4-2-3-12-5-6-18-16(12)13/h2-4,7-9,18-19H,5-6,10H2,1H3. The Morgan fingerprint density at radius 1 is 1.26 bits per heavy atom. The van der Waals surface area contributed by atoms with Crippen LogP contribution in [0, 0.1) is 6.92 Å². The molecule has 98 valence electrons. The minimum Gasteiger partial charge on any atom is -0.384 e. The van der Waals surface area contributed by atoms with Gasteiger partial charge in [-0.3, -0.25) is 0 Å². The normalized spacial score (nSPS) is 12.9. The summed E-state index contributed by atoms with van der Waals surface area (Å²) in [6.07, 6.45) is 1.14. The zero-order chi connectivity index (χ0) is 13.2. The Bertz CT molecular complexity index is 587. The molecule has 0 aromatic heterocycles. The van der Waals surface area contributed by atoms with Gasteiger partial charge in [-0.1, -0.05) is 34.1 Å². The molecular weight excluding hydrogens is 300 g/mol. The number of anilines is 2. The molecule has 2 nitrogen and oxygen atoms in total. The summed E-state index contributed by atoms with van der Waals surface area (Å²) in [5.74, 6) is 0. The summed E-state index contributed by atoms with van der Waals surface area (Å²) in [6.45, 7) is 4.02. The van der Waals surface area contributed by atoms with Crippen molar-refractivity contribution in [1.29, 1.82) is 0 Å². The number of hydrogen-bond acceptors (Lipinski definition) is 2. The topological polar surface area (TPSA) is 24.1 Å². The van der Waals surface area contributed by atoms with E-state index in [9.17, 15) is 0 Å². The Kier molecular flexibility index (Phi) is 3.47. The highest BCUT2D eigenvalue weighted by molar-refractivity contribution is 9.10. The second-order valence-corrected chi connectivity index (χ2v) is 5.91. The second kappa shape index (κ2) is 5.25. The first-order valence-corrected chi connectivity index (χ1v) is 7.37. The molecule has 1 aliphatic rings. The number of benzene rings is 2. The van der Waals surface area contributed by atoms with Gasteiger partial charge >= 0.3 is 0 Å². The summed E-state index contributed by atoms with van der Waals surface area (Å²) in [6, 6.07) is 12.9. The van der Waals surface area contributed by atoms with Crippen molar-refractivity contribution < 1.29 is 0 Å². The average molecular weight is 317 g/mol. The molecule has 19 heavy (non-hydrogen) atoms. The second-order valence-electron chi connectivity index (χ2n) is 5.00. The van der Waals surface area contributed by atoms with Gasteiger partial charge in [0.1, 0.15) is 0 Å². The number of rotatable bonds is 3. The Hall–Kier alpha value is -1.48. The van der Waals surface area contributed by atoms with Gasteiger partial charge in [0.25, 0.3) is 0 Å². The molecule has 3 heteroatoms. The molecule has 1 aliphatic heterocycles. The molecular formula is C16H17BrN2. The predicted molar refractivity (Wildman–Crippen MR) is 84.8 cm³/mol. The molecule has 0 atom stereocenters. The number of nitrogens with one attached hydrogen (secondary N) is 2. The van der Waals surface area contributed by atoms with Crippen molar-refractivity contribution in [3.63, 3.8) is 0 Å². The lowest BCUT2D eigenvalue weighted by Crippen LogP contribution is -2.03. The predicted octanol–water partition coefficient (Wildman–Crippen LogP) is 4.34. The molecule has 1 heterocycles. The van der Waals surface area contributed by atoms with Gasteiger partial charge < -0.3 is 10.6 Å². The molecule has 2 N–H and O–H groups in total. The van der Waals surface area contributed by atoms with Crippen LogP contribution >= 0.6 is 15.9 Å². The van der Waals surface area contributed by atoms with E-state index >= 15 is 0 Å². The first-order valence-electron chi connectivity index (χ1n) is 6.58. The zero-order valence-electron chi connectivity index (χ0n) is 11.0. The third-order valence-corrected chi connectivity index (χ3v) is 3.92. The highest BCUT2D eigenvalue weighted by atomic mass is 79.9. The molecule has 0 amide bonds. The third-order valence-electron chi connectivity index (χ3n) is 3.46. The van der Waals surface area contributed by atoms with E-state index in [1.54, 1.807) is 0 Å². The summed E-state index contributed by atoms with van der Waals surface area (Å²) in [5.41, 5.74) is 6.51. The maximum Gasteiger partial charge on any atom is 0.0424 e. The first kappa shape index (κ1) is 12.5. The van der Waals surface area contributed by atoms with Crippen molar-refractivity contribution in [2.75, 3.05) is 17.2 Å². The number of fused-ring (bicyclic) bond motifs is 1. The van der Waals surface area contributed by atoms with Gasteiger partial charge in [0.2, 0.25) is 0 Å². The van der Waals surface area contributed by atoms with Gasteiger partial charge in [0.15, 0.2) is 0 Å². The number of halogens is 1. The molecule has 3 rings (SSSR count). The minimum absolute atomic E-state index is 0.853. The van der Waals surface area contributed by atoms with E-state index in [0.717, 1.165) is 29.7 Å². The van der Waals surface area contributed by atoms with Crippen molar-refractivity contribution in [3.05, 3.63) is 57.6 Å². The Labute approximate surface area is 122 Å². The van der Waals surface area contributed by atoms with Crippen molar-refractivity contribution in [3.8, 4) is 0 Å². The molecule has 0 bridgehead atoms. The molecule has 0 saturated heterocycles. The maximum atomic E-state index is 3.54. The average Bonchev–Trinajstić information content (AvgIpc) is 2.83. The fourth-order valence-corrected chi connectivity index (χ4v) is 3.20.